The Kier molecular flexibility index (Phi) is 5.31. The van der Waals surface area contributed by atoms with Crippen molar-refractivity contribution in [2.75, 3.05) is 6.54 Å². The van der Waals surface area contributed by atoms with E-state index in [2.05, 4.69) is 5.10 Å². The maximum absolute atomic E-state index is 12.9. The minimum Gasteiger partial charge on any atom is -0.463 e. The van der Waals surface area contributed by atoms with Gasteiger partial charge in [0.1, 0.15) is 11.7 Å². The summed E-state index contributed by atoms with van der Waals surface area (Å²) in [7, 11) is 0. The zero-order valence-electron chi connectivity index (χ0n) is 14.8. The summed E-state index contributed by atoms with van der Waals surface area (Å²) in [5.41, 5.74) is 1.23. The maximum atomic E-state index is 12.9. The molecule has 2 aromatic heterocycles. The fourth-order valence-corrected chi connectivity index (χ4v) is 2.78. The quantitative estimate of drug-likeness (QED) is 0.684. The highest BCUT2D eigenvalue weighted by atomic mass is 16.3. The lowest BCUT2D eigenvalue weighted by Gasteiger charge is -2.25. The van der Waals surface area contributed by atoms with Crippen LogP contribution in [0.2, 0.25) is 0 Å². The van der Waals surface area contributed by atoms with E-state index in [4.69, 9.17) is 4.42 Å². The molecule has 0 saturated carbocycles. The number of likely N-dealkylation sites (N-methyl/N-ethyl adjacent to an activating group) is 1. The van der Waals surface area contributed by atoms with E-state index in [1.54, 1.807) is 36.3 Å². The first-order chi connectivity index (χ1) is 12.6. The SMILES string of the molecule is CCN(Cc1ccccc1)C(=O)C(C)n1nc(-c2ccco2)ccc1=O. The molecule has 1 aromatic carbocycles. The molecule has 0 aliphatic rings. The Morgan fingerprint density at radius 3 is 2.58 bits per heavy atom. The largest absolute Gasteiger partial charge is 0.463 e. The Morgan fingerprint density at radius 1 is 1.15 bits per heavy atom. The second-order valence-corrected chi connectivity index (χ2v) is 5.99. The summed E-state index contributed by atoms with van der Waals surface area (Å²) in [6.45, 7) is 4.65. The third-order valence-corrected chi connectivity index (χ3v) is 4.23. The normalized spacial score (nSPS) is 11.9. The first-order valence-corrected chi connectivity index (χ1v) is 8.56. The molecule has 0 bridgehead atoms. The summed E-state index contributed by atoms with van der Waals surface area (Å²) >= 11 is 0. The van der Waals surface area contributed by atoms with Crippen LogP contribution in [-0.4, -0.2) is 27.1 Å². The second kappa shape index (κ2) is 7.82. The van der Waals surface area contributed by atoms with Crippen molar-refractivity contribution >= 4 is 5.91 Å². The fraction of sp³-hybridized carbons (Fsp3) is 0.250. The summed E-state index contributed by atoms with van der Waals surface area (Å²) in [6.07, 6.45) is 1.54. The number of rotatable bonds is 6. The smallest absolute Gasteiger partial charge is 0.267 e. The molecule has 0 aliphatic heterocycles. The van der Waals surface area contributed by atoms with Gasteiger partial charge in [-0.2, -0.15) is 5.10 Å². The molecule has 1 amide bonds. The molecule has 134 valence electrons. The van der Waals surface area contributed by atoms with Gasteiger partial charge in [0.25, 0.3) is 5.56 Å². The van der Waals surface area contributed by atoms with Crippen molar-refractivity contribution in [3.8, 4) is 11.5 Å². The van der Waals surface area contributed by atoms with Crippen LogP contribution in [0.3, 0.4) is 0 Å². The zero-order chi connectivity index (χ0) is 18.5. The third-order valence-electron chi connectivity index (χ3n) is 4.23. The average molecular weight is 351 g/mol. The third kappa shape index (κ3) is 3.74. The van der Waals surface area contributed by atoms with Gasteiger partial charge in [-0.3, -0.25) is 9.59 Å². The standard InChI is InChI=1S/C20H21N3O3/c1-3-22(14-16-8-5-4-6-9-16)20(25)15(2)23-19(24)12-11-17(21-23)18-10-7-13-26-18/h4-13,15H,3,14H2,1-2H3. The molecule has 3 rings (SSSR count). The van der Waals surface area contributed by atoms with Crippen LogP contribution in [0.25, 0.3) is 11.5 Å². The summed E-state index contributed by atoms with van der Waals surface area (Å²) in [4.78, 5) is 26.9. The molecule has 6 nitrogen and oxygen atoms in total. The van der Waals surface area contributed by atoms with Gasteiger partial charge in [0.15, 0.2) is 5.76 Å². The minimum atomic E-state index is -0.707. The molecule has 1 unspecified atom stereocenters. The average Bonchev–Trinajstić information content (AvgIpc) is 3.21. The molecule has 0 saturated heterocycles. The topological polar surface area (TPSA) is 68.3 Å². The zero-order valence-corrected chi connectivity index (χ0v) is 14.8. The lowest BCUT2D eigenvalue weighted by atomic mass is 10.2. The van der Waals surface area contributed by atoms with E-state index in [0.29, 0.717) is 24.5 Å². The Morgan fingerprint density at radius 2 is 1.92 bits per heavy atom. The van der Waals surface area contributed by atoms with Crippen molar-refractivity contribution < 1.29 is 9.21 Å². The van der Waals surface area contributed by atoms with Gasteiger partial charge in [-0.15, -0.1) is 0 Å². The van der Waals surface area contributed by atoms with E-state index in [0.717, 1.165) is 5.56 Å². The summed E-state index contributed by atoms with van der Waals surface area (Å²) in [5.74, 6) is 0.401. The molecule has 0 N–H and O–H groups in total. The van der Waals surface area contributed by atoms with Crippen molar-refractivity contribution in [2.24, 2.45) is 0 Å². The molecule has 1 atom stereocenters. The molecular formula is C20H21N3O3. The van der Waals surface area contributed by atoms with Crippen molar-refractivity contribution in [2.45, 2.75) is 26.4 Å². The van der Waals surface area contributed by atoms with Gasteiger partial charge in [0.05, 0.1) is 6.26 Å². The molecule has 3 aromatic rings. The Hall–Kier alpha value is -3.15. The number of benzene rings is 1. The number of aromatic nitrogens is 2. The number of carbonyl (C=O) groups is 1. The van der Waals surface area contributed by atoms with Crippen LogP contribution in [-0.2, 0) is 11.3 Å². The number of hydrogen-bond acceptors (Lipinski definition) is 4. The molecular weight excluding hydrogens is 330 g/mol. The Labute approximate surface area is 151 Å². The molecule has 0 fully saturated rings. The van der Waals surface area contributed by atoms with Crippen LogP contribution >= 0.6 is 0 Å². The first kappa shape index (κ1) is 17.7. The van der Waals surface area contributed by atoms with Crippen LogP contribution < -0.4 is 5.56 Å². The number of hydrogen-bond donors (Lipinski definition) is 0. The molecule has 26 heavy (non-hydrogen) atoms. The van der Waals surface area contributed by atoms with Gasteiger partial charge < -0.3 is 9.32 Å². The van der Waals surface area contributed by atoms with Gasteiger partial charge in [-0.25, -0.2) is 4.68 Å². The van der Waals surface area contributed by atoms with Crippen molar-refractivity contribution in [1.82, 2.24) is 14.7 Å². The van der Waals surface area contributed by atoms with Gasteiger partial charge in [0, 0.05) is 19.2 Å². The lowest BCUT2D eigenvalue weighted by Crippen LogP contribution is -2.39. The fourth-order valence-electron chi connectivity index (χ4n) is 2.78. The number of nitrogens with zero attached hydrogens (tertiary/aromatic N) is 3. The van der Waals surface area contributed by atoms with Crippen molar-refractivity contribution in [3.63, 3.8) is 0 Å². The van der Waals surface area contributed by atoms with E-state index in [-0.39, 0.29) is 11.5 Å². The molecule has 6 heteroatoms. The predicted molar refractivity (Wildman–Crippen MR) is 98.4 cm³/mol. The first-order valence-electron chi connectivity index (χ1n) is 8.56. The van der Waals surface area contributed by atoms with Crippen molar-refractivity contribution in [1.29, 1.82) is 0 Å². The van der Waals surface area contributed by atoms with E-state index < -0.39 is 6.04 Å². The maximum Gasteiger partial charge on any atom is 0.267 e. The van der Waals surface area contributed by atoms with Crippen LogP contribution in [0.5, 0.6) is 0 Å². The van der Waals surface area contributed by atoms with Crippen LogP contribution in [0.15, 0.2) is 70.1 Å². The highest BCUT2D eigenvalue weighted by molar-refractivity contribution is 5.80. The van der Waals surface area contributed by atoms with Gasteiger partial charge in [-0.1, -0.05) is 30.3 Å². The van der Waals surface area contributed by atoms with E-state index in [9.17, 15) is 9.59 Å². The molecule has 0 aliphatic carbocycles. The van der Waals surface area contributed by atoms with Crippen LogP contribution in [0.4, 0.5) is 0 Å². The highest BCUT2D eigenvalue weighted by Crippen LogP contribution is 2.17. The highest BCUT2D eigenvalue weighted by Gasteiger charge is 2.23. The van der Waals surface area contributed by atoms with E-state index in [1.165, 1.54) is 10.7 Å². The van der Waals surface area contributed by atoms with Gasteiger partial charge in [0.2, 0.25) is 5.91 Å². The second-order valence-electron chi connectivity index (χ2n) is 5.99. The number of furan rings is 1. The van der Waals surface area contributed by atoms with E-state index in [1.807, 2.05) is 37.3 Å². The summed E-state index contributed by atoms with van der Waals surface area (Å²) in [6, 6.07) is 15.6. The Balaban J connectivity index is 1.85. The monoisotopic (exact) mass is 351 g/mol. The minimum absolute atomic E-state index is 0.150. The van der Waals surface area contributed by atoms with E-state index >= 15 is 0 Å². The lowest BCUT2D eigenvalue weighted by molar-refractivity contribution is -0.135. The molecule has 0 spiro atoms. The van der Waals surface area contributed by atoms with Gasteiger partial charge in [-0.05, 0) is 37.6 Å². The van der Waals surface area contributed by atoms with Crippen LogP contribution in [0, 0.1) is 0 Å². The number of carbonyl (C=O) groups excluding carboxylic acids is 1. The Bertz CT molecular complexity index is 917. The summed E-state index contributed by atoms with van der Waals surface area (Å²) < 4.78 is 6.55. The van der Waals surface area contributed by atoms with Gasteiger partial charge >= 0.3 is 0 Å². The number of amides is 1. The molecule has 2 heterocycles. The molecule has 0 radical (unpaired) electrons. The predicted octanol–water partition coefficient (Wildman–Crippen LogP) is 3.11. The van der Waals surface area contributed by atoms with Crippen molar-refractivity contribution in [3.05, 3.63) is 76.8 Å². The summed E-state index contributed by atoms with van der Waals surface area (Å²) in [5, 5.41) is 4.32. The van der Waals surface area contributed by atoms with Crippen LogP contribution in [0.1, 0.15) is 25.5 Å².